The first-order chi connectivity index (χ1) is 25.4. The fraction of sp³-hybridized carbons (Fsp3) is 0.378. The molecule has 0 spiro atoms. The van der Waals surface area contributed by atoms with E-state index in [1.165, 1.54) is 44.5 Å². The number of aliphatic imine (C=N–C) groups is 1. The first kappa shape index (κ1) is 35.2. The molecule has 7 heteroatoms. The lowest BCUT2D eigenvalue weighted by molar-refractivity contribution is 0.887. The number of fused-ring (bicyclic) bond motifs is 15. The molecule has 266 valence electrons. The third-order valence-corrected chi connectivity index (χ3v) is 11.3. The van der Waals surface area contributed by atoms with Crippen molar-refractivity contribution in [3.05, 3.63) is 109 Å². The zero-order valence-corrected chi connectivity index (χ0v) is 32.1. The Labute approximate surface area is 308 Å². The van der Waals surface area contributed by atoms with E-state index in [2.05, 4.69) is 119 Å². The van der Waals surface area contributed by atoms with Gasteiger partial charge in [-0.15, -0.1) is 0 Å². The van der Waals surface area contributed by atoms with Gasteiger partial charge in [-0.3, -0.25) is 0 Å². The number of allylic oxidation sites excluding steroid dienone is 2. The van der Waals surface area contributed by atoms with Crippen molar-refractivity contribution in [3.8, 4) is 40.2 Å². The highest BCUT2D eigenvalue weighted by molar-refractivity contribution is 6.15. The van der Waals surface area contributed by atoms with Crippen molar-refractivity contribution in [1.29, 1.82) is 5.26 Å². The van der Waals surface area contributed by atoms with Crippen LogP contribution in [0.5, 0.6) is 0 Å². The normalized spacial score (nSPS) is 15.1. The number of pyridine rings is 2. The lowest BCUT2D eigenvalue weighted by Gasteiger charge is -2.12. The maximum Gasteiger partial charge on any atom is 0.127 e. The van der Waals surface area contributed by atoms with E-state index < -0.39 is 5.92 Å². The smallest absolute Gasteiger partial charge is 0.127 e. The van der Waals surface area contributed by atoms with Gasteiger partial charge >= 0.3 is 0 Å². The van der Waals surface area contributed by atoms with Crippen LogP contribution < -0.4 is 0 Å². The Kier molecular flexibility index (Phi) is 9.76. The minimum Gasteiger partial charge on any atom is -0.355 e. The molecule has 0 aliphatic carbocycles. The second kappa shape index (κ2) is 14.4. The van der Waals surface area contributed by atoms with E-state index in [0.717, 1.165) is 120 Å². The highest BCUT2D eigenvalue weighted by Gasteiger charge is 2.31. The summed E-state index contributed by atoms with van der Waals surface area (Å²) in [5.74, 6) is -0.502. The fourth-order valence-corrected chi connectivity index (χ4v) is 8.94. The van der Waals surface area contributed by atoms with E-state index in [-0.39, 0.29) is 0 Å². The monoisotopic (exact) mass is 689 g/mol. The van der Waals surface area contributed by atoms with Gasteiger partial charge in [-0.05, 0) is 126 Å². The molecule has 7 rings (SSSR count). The molecule has 0 fully saturated rings. The SMILES string of the molecule is CCC1=C(CC)C2=NC1=Cc1[nH]c(c(CC)c1CC)-c1cccc(n1)-c1[nH]c(c(CC)c1CC)[C@H](C#N)c1[nH]c(c(CC)c1CC)-c1cccc2n1. The topological polar surface area (TPSA) is 109 Å². The number of nitrogens with one attached hydrogen (secondary N) is 3. The molecule has 12 bridgehead atoms. The number of nitrogens with zero attached hydrogens (tertiary/aromatic N) is 4. The van der Waals surface area contributed by atoms with Gasteiger partial charge in [0.15, 0.2) is 0 Å². The Morgan fingerprint density at radius 2 is 0.981 bits per heavy atom. The number of hydrogen-bond donors (Lipinski definition) is 3. The average Bonchev–Trinajstić information content (AvgIpc) is 3.94. The lowest BCUT2D eigenvalue weighted by Crippen LogP contribution is -2.06. The number of aromatic amines is 3. The maximum absolute atomic E-state index is 11.0. The van der Waals surface area contributed by atoms with Crippen molar-refractivity contribution in [2.24, 2.45) is 4.99 Å². The Balaban J connectivity index is 1.59. The van der Waals surface area contributed by atoms with E-state index in [1.807, 2.05) is 0 Å². The van der Waals surface area contributed by atoms with E-state index in [1.54, 1.807) is 0 Å². The van der Waals surface area contributed by atoms with Gasteiger partial charge in [0.1, 0.15) is 5.92 Å². The number of rotatable bonds is 8. The number of aromatic nitrogens is 5. The first-order valence-electron chi connectivity index (χ1n) is 19.5. The quantitative estimate of drug-likeness (QED) is 0.151. The van der Waals surface area contributed by atoms with Crippen molar-refractivity contribution in [2.45, 2.75) is 113 Å². The van der Waals surface area contributed by atoms with Gasteiger partial charge in [-0.1, -0.05) is 67.5 Å². The van der Waals surface area contributed by atoms with E-state index in [9.17, 15) is 5.26 Å². The van der Waals surface area contributed by atoms with Crippen LogP contribution in [0.4, 0.5) is 0 Å². The standard InChI is InChI=1S/C45H51N7/c1-9-25-27(11-3)42-34-19-17-21-36(47-34)44-31(15-7)29(13-5)40(51-44)33(24-46)41-30(14-6)32(16-8)45(52-41)37-22-18-20-35(48-37)43-28(12-4)26(10-2)39(50-43)23-38(25)49-42/h17-23,33,49,51-52H,9-16H2,1-8H3/t33-/m0/s1. The number of nitriles is 1. The molecule has 2 aliphatic rings. The van der Waals surface area contributed by atoms with Crippen molar-refractivity contribution >= 4 is 11.8 Å². The Morgan fingerprint density at radius 1 is 0.538 bits per heavy atom. The van der Waals surface area contributed by atoms with Gasteiger partial charge in [0.05, 0.1) is 57.3 Å². The van der Waals surface area contributed by atoms with Crippen LogP contribution in [0.3, 0.4) is 0 Å². The highest BCUT2D eigenvalue weighted by Crippen LogP contribution is 2.41. The first-order valence-corrected chi connectivity index (χ1v) is 19.5. The molecule has 1 atom stereocenters. The molecule has 0 unspecified atom stereocenters. The molecule has 0 aromatic carbocycles. The molecule has 0 saturated heterocycles. The second-order valence-corrected chi connectivity index (χ2v) is 13.8. The largest absolute Gasteiger partial charge is 0.355 e. The van der Waals surface area contributed by atoms with Gasteiger partial charge in [-0.25, -0.2) is 15.0 Å². The summed E-state index contributed by atoms with van der Waals surface area (Å²) >= 11 is 0. The summed E-state index contributed by atoms with van der Waals surface area (Å²) in [5, 5.41) is 11.0. The molecule has 0 amide bonds. The summed E-state index contributed by atoms with van der Waals surface area (Å²) < 4.78 is 0. The van der Waals surface area contributed by atoms with Gasteiger partial charge in [0.25, 0.3) is 0 Å². The van der Waals surface area contributed by atoms with Gasteiger partial charge in [-0.2, -0.15) is 5.26 Å². The van der Waals surface area contributed by atoms with Crippen molar-refractivity contribution in [1.82, 2.24) is 24.9 Å². The summed E-state index contributed by atoms with van der Waals surface area (Å²) in [6.45, 7) is 17.7. The predicted molar refractivity (Wildman–Crippen MR) is 214 cm³/mol. The molecule has 2 aliphatic heterocycles. The van der Waals surface area contributed by atoms with Crippen molar-refractivity contribution in [2.75, 3.05) is 0 Å². The molecular weight excluding hydrogens is 639 g/mol. The van der Waals surface area contributed by atoms with Crippen LogP contribution in [0.25, 0.3) is 40.2 Å². The lowest BCUT2D eigenvalue weighted by atomic mass is 9.91. The van der Waals surface area contributed by atoms with Crippen LogP contribution in [0.15, 0.2) is 58.2 Å². The van der Waals surface area contributed by atoms with Crippen molar-refractivity contribution < 1.29 is 0 Å². The third-order valence-electron chi connectivity index (χ3n) is 11.3. The van der Waals surface area contributed by atoms with Crippen LogP contribution in [0, 0.1) is 11.3 Å². The maximum atomic E-state index is 11.0. The van der Waals surface area contributed by atoms with E-state index in [4.69, 9.17) is 15.0 Å². The van der Waals surface area contributed by atoms with Gasteiger partial charge < -0.3 is 15.0 Å². The molecule has 3 N–H and O–H groups in total. The van der Waals surface area contributed by atoms with Crippen LogP contribution >= 0.6 is 0 Å². The molecule has 7 heterocycles. The molecule has 5 aromatic rings. The fourth-order valence-electron chi connectivity index (χ4n) is 8.94. The van der Waals surface area contributed by atoms with Gasteiger partial charge in [0, 0.05) is 17.1 Å². The summed E-state index contributed by atoms with van der Waals surface area (Å²) in [5.41, 5.74) is 21.6. The molecule has 5 aromatic heterocycles. The summed E-state index contributed by atoms with van der Waals surface area (Å²) in [6.07, 6.45) is 9.10. The molecular formula is C45H51N7. The molecule has 7 nitrogen and oxygen atoms in total. The van der Waals surface area contributed by atoms with Gasteiger partial charge in [0.2, 0.25) is 0 Å². The van der Waals surface area contributed by atoms with Crippen LogP contribution in [0.1, 0.15) is 130 Å². The Bertz CT molecular complexity index is 2310. The minimum absolute atomic E-state index is 0.502. The van der Waals surface area contributed by atoms with E-state index in [0.29, 0.717) is 0 Å². The van der Waals surface area contributed by atoms with E-state index >= 15 is 0 Å². The highest BCUT2D eigenvalue weighted by atomic mass is 14.9. The summed E-state index contributed by atoms with van der Waals surface area (Å²) in [6, 6.07) is 15.3. The predicted octanol–water partition coefficient (Wildman–Crippen LogP) is 10.8. The van der Waals surface area contributed by atoms with Crippen LogP contribution in [-0.4, -0.2) is 30.6 Å². The van der Waals surface area contributed by atoms with Crippen LogP contribution in [-0.2, 0) is 38.5 Å². The third kappa shape index (κ3) is 5.51. The summed E-state index contributed by atoms with van der Waals surface area (Å²) in [7, 11) is 0. The summed E-state index contributed by atoms with van der Waals surface area (Å²) in [4.78, 5) is 27.5. The minimum atomic E-state index is -0.502. The van der Waals surface area contributed by atoms with Crippen molar-refractivity contribution in [3.63, 3.8) is 0 Å². The van der Waals surface area contributed by atoms with Crippen LogP contribution in [0.2, 0.25) is 0 Å². The average molecular weight is 690 g/mol. The molecule has 0 radical (unpaired) electrons. The number of hydrogen-bond acceptors (Lipinski definition) is 4. The zero-order chi connectivity index (χ0) is 36.7. The molecule has 52 heavy (non-hydrogen) atoms. The number of H-pyrrole nitrogens is 3. The second-order valence-electron chi connectivity index (χ2n) is 13.8. The molecule has 0 saturated carbocycles. The zero-order valence-electron chi connectivity index (χ0n) is 32.1. The Hall–Kier alpha value is -5.22. The Morgan fingerprint density at radius 3 is 1.44 bits per heavy atom.